The van der Waals surface area contributed by atoms with Gasteiger partial charge in [-0.05, 0) is 13.8 Å². The molecule has 0 aromatic heterocycles. The van der Waals surface area contributed by atoms with Crippen LogP contribution < -0.4 is 0 Å². The highest BCUT2D eigenvalue weighted by atomic mass is 16.8. The van der Waals surface area contributed by atoms with Crippen LogP contribution in [0.2, 0.25) is 0 Å². The Bertz CT molecular complexity index is 322. The number of rotatable bonds is 2. The van der Waals surface area contributed by atoms with Gasteiger partial charge < -0.3 is 14.2 Å². The van der Waals surface area contributed by atoms with Gasteiger partial charge in [0.1, 0.15) is 12.2 Å². The number of ketones is 1. The largest absolute Gasteiger partial charge is 0.465 e. The maximum atomic E-state index is 11.7. The van der Waals surface area contributed by atoms with E-state index in [1.165, 1.54) is 6.92 Å². The minimum atomic E-state index is -0.722. The molecule has 1 aliphatic heterocycles. The predicted octanol–water partition coefficient (Wildman–Crippen LogP) is 0.659. The Kier molecular flexibility index (Phi) is 2.75. The topological polar surface area (TPSA) is 61.8 Å². The summed E-state index contributed by atoms with van der Waals surface area (Å²) in [6, 6.07) is 0. The molecule has 0 bridgehead atoms. The first-order chi connectivity index (χ1) is 7.39. The average Bonchev–Trinajstić information content (AvgIpc) is 2.59. The second-order valence-corrected chi connectivity index (χ2v) is 4.75. The summed E-state index contributed by atoms with van der Waals surface area (Å²) in [6.07, 6.45) is -0.406. The van der Waals surface area contributed by atoms with E-state index < -0.39 is 11.9 Å². The molecule has 2 aliphatic rings. The Morgan fingerprint density at radius 3 is 2.81 bits per heavy atom. The van der Waals surface area contributed by atoms with Crippen molar-refractivity contribution in [3.8, 4) is 0 Å². The summed E-state index contributed by atoms with van der Waals surface area (Å²) < 4.78 is 16.1. The fourth-order valence-electron chi connectivity index (χ4n) is 2.25. The van der Waals surface area contributed by atoms with Crippen molar-refractivity contribution in [2.75, 3.05) is 6.61 Å². The molecular weight excluding hydrogens is 212 g/mol. The van der Waals surface area contributed by atoms with E-state index in [0.29, 0.717) is 6.42 Å². The van der Waals surface area contributed by atoms with Gasteiger partial charge in [0.2, 0.25) is 0 Å². The third kappa shape index (κ3) is 2.10. The van der Waals surface area contributed by atoms with Crippen molar-refractivity contribution in [3.63, 3.8) is 0 Å². The van der Waals surface area contributed by atoms with Crippen LogP contribution >= 0.6 is 0 Å². The van der Waals surface area contributed by atoms with Gasteiger partial charge in [-0.1, -0.05) is 0 Å². The lowest BCUT2D eigenvalue weighted by atomic mass is 10.1. The van der Waals surface area contributed by atoms with Crippen LogP contribution in [0.25, 0.3) is 0 Å². The first-order valence-corrected chi connectivity index (χ1v) is 5.41. The van der Waals surface area contributed by atoms with Crippen LogP contribution in [0, 0.1) is 5.92 Å². The summed E-state index contributed by atoms with van der Waals surface area (Å²) in [5, 5.41) is 0. The van der Waals surface area contributed by atoms with Crippen molar-refractivity contribution >= 4 is 11.8 Å². The third-order valence-electron chi connectivity index (χ3n) is 2.88. The average molecular weight is 228 g/mol. The summed E-state index contributed by atoms with van der Waals surface area (Å²) in [6.45, 7) is 5.13. The van der Waals surface area contributed by atoms with Gasteiger partial charge in [0.15, 0.2) is 11.6 Å². The summed E-state index contributed by atoms with van der Waals surface area (Å²) in [7, 11) is 0. The van der Waals surface area contributed by atoms with Crippen molar-refractivity contribution < 1.29 is 23.8 Å². The van der Waals surface area contributed by atoms with Crippen LogP contribution in [-0.2, 0) is 23.8 Å². The quantitative estimate of drug-likeness (QED) is 0.650. The molecule has 0 spiro atoms. The molecule has 0 aromatic carbocycles. The molecule has 1 heterocycles. The van der Waals surface area contributed by atoms with E-state index in [2.05, 4.69) is 0 Å². The molecule has 16 heavy (non-hydrogen) atoms. The molecule has 2 fully saturated rings. The SMILES string of the molecule is CC(=O)OC[C@@H]1CC(=O)[C@H]2OC(C)(C)O[C@@H]12. The Morgan fingerprint density at radius 2 is 2.19 bits per heavy atom. The fraction of sp³-hybridized carbons (Fsp3) is 0.818. The molecular formula is C11H16O5. The van der Waals surface area contributed by atoms with Crippen molar-refractivity contribution in [1.29, 1.82) is 0 Å². The molecule has 0 N–H and O–H groups in total. The Hall–Kier alpha value is -0.940. The number of hydrogen-bond acceptors (Lipinski definition) is 5. The van der Waals surface area contributed by atoms with E-state index in [4.69, 9.17) is 14.2 Å². The van der Waals surface area contributed by atoms with Gasteiger partial charge in [-0.25, -0.2) is 0 Å². The van der Waals surface area contributed by atoms with Crippen molar-refractivity contribution in [2.24, 2.45) is 5.92 Å². The van der Waals surface area contributed by atoms with Crippen molar-refractivity contribution in [3.05, 3.63) is 0 Å². The maximum absolute atomic E-state index is 11.7. The van der Waals surface area contributed by atoms with E-state index in [1.807, 2.05) is 0 Å². The van der Waals surface area contributed by atoms with Crippen LogP contribution in [0.3, 0.4) is 0 Å². The summed E-state index contributed by atoms with van der Waals surface area (Å²) in [4.78, 5) is 22.4. The monoisotopic (exact) mass is 228 g/mol. The molecule has 0 amide bonds. The number of hydrogen-bond donors (Lipinski definition) is 0. The van der Waals surface area contributed by atoms with Crippen LogP contribution in [0.1, 0.15) is 27.2 Å². The number of Topliss-reactive ketones (excluding diaryl/α,β-unsaturated/α-hetero) is 1. The normalized spacial score (nSPS) is 36.2. The summed E-state index contributed by atoms with van der Waals surface area (Å²) in [5.41, 5.74) is 0. The number of carbonyl (C=O) groups is 2. The number of esters is 1. The standard InChI is InChI=1S/C11H16O5/c1-6(12)14-5-7-4-8(13)10-9(7)15-11(2,3)16-10/h7,9-10H,4-5H2,1-3H3/t7-,9-,10+/m0/s1. The number of carbonyl (C=O) groups excluding carboxylic acids is 2. The predicted molar refractivity (Wildman–Crippen MR) is 53.6 cm³/mol. The first kappa shape index (κ1) is 11.5. The minimum absolute atomic E-state index is 0.0349. The van der Waals surface area contributed by atoms with Crippen LogP contribution in [0.4, 0.5) is 0 Å². The molecule has 2 rings (SSSR count). The van der Waals surface area contributed by atoms with Gasteiger partial charge in [0.05, 0.1) is 6.61 Å². The molecule has 3 atom stereocenters. The lowest BCUT2D eigenvalue weighted by molar-refractivity contribution is -0.166. The molecule has 90 valence electrons. The molecule has 0 unspecified atom stereocenters. The van der Waals surface area contributed by atoms with E-state index >= 15 is 0 Å². The highest BCUT2D eigenvalue weighted by Crippen LogP contribution is 2.39. The zero-order valence-corrected chi connectivity index (χ0v) is 9.69. The molecule has 1 saturated carbocycles. The van der Waals surface area contributed by atoms with Crippen molar-refractivity contribution in [2.45, 2.75) is 45.2 Å². The van der Waals surface area contributed by atoms with Gasteiger partial charge in [-0.3, -0.25) is 9.59 Å². The highest BCUT2D eigenvalue weighted by molar-refractivity contribution is 5.87. The van der Waals surface area contributed by atoms with Crippen molar-refractivity contribution in [1.82, 2.24) is 0 Å². The molecule has 0 aromatic rings. The number of ether oxygens (including phenoxy) is 3. The molecule has 1 saturated heterocycles. The second-order valence-electron chi connectivity index (χ2n) is 4.75. The van der Waals surface area contributed by atoms with Gasteiger partial charge in [0, 0.05) is 19.3 Å². The van der Waals surface area contributed by atoms with Gasteiger partial charge in [-0.2, -0.15) is 0 Å². The van der Waals surface area contributed by atoms with Gasteiger partial charge in [-0.15, -0.1) is 0 Å². The lowest BCUT2D eigenvalue weighted by Gasteiger charge is -2.20. The minimum Gasteiger partial charge on any atom is -0.465 e. The zero-order valence-electron chi connectivity index (χ0n) is 9.69. The zero-order chi connectivity index (χ0) is 11.9. The second kappa shape index (κ2) is 3.82. The van der Waals surface area contributed by atoms with Gasteiger partial charge >= 0.3 is 5.97 Å². The smallest absolute Gasteiger partial charge is 0.302 e. The van der Waals surface area contributed by atoms with E-state index in [1.54, 1.807) is 13.8 Å². The first-order valence-electron chi connectivity index (χ1n) is 5.41. The molecule has 5 nitrogen and oxygen atoms in total. The van der Waals surface area contributed by atoms with Crippen LogP contribution in [0.5, 0.6) is 0 Å². The maximum Gasteiger partial charge on any atom is 0.302 e. The van der Waals surface area contributed by atoms with E-state index in [0.717, 1.165) is 0 Å². The lowest BCUT2D eigenvalue weighted by Crippen LogP contribution is -2.28. The highest BCUT2D eigenvalue weighted by Gasteiger charge is 2.53. The summed E-state index contributed by atoms with van der Waals surface area (Å²) >= 11 is 0. The Morgan fingerprint density at radius 1 is 1.50 bits per heavy atom. The molecule has 5 heteroatoms. The van der Waals surface area contributed by atoms with Crippen LogP contribution in [0.15, 0.2) is 0 Å². The fourth-order valence-corrected chi connectivity index (χ4v) is 2.25. The Balaban J connectivity index is 2.02. The van der Waals surface area contributed by atoms with Crippen LogP contribution in [-0.4, -0.2) is 36.4 Å². The summed E-state index contributed by atoms with van der Waals surface area (Å²) in [5.74, 6) is -1.11. The van der Waals surface area contributed by atoms with Gasteiger partial charge in [0.25, 0.3) is 0 Å². The third-order valence-corrected chi connectivity index (χ3v) is 2.88. The van der Waals surface area contributed by atoms with E-state index in [9.17, 15) is 9.59 Å². The molecule has 0 radical (unpaired) electrons. The number of fused-ring (bicyclic) bond motifs is 1. The Labute approximate surface area is 94.0 Å². The molecule has 1 aliphatic carbocycles. The van der Waals surface area contributed by atoms with E-state index in [-0.39, 0.29) is 30.4 Å².